The van der Waals surface area contributed by atoms with Crippen molar-refractivity contribution >= 4 is 0 Å². The van der Waals surface area contributed by atoms with Crippen molar-refractivity contribution in [3.8, 4) is 0 Å². The van der Waals surface area contributed by atoms with Crippen LogP contribution in [0.25, 0.3) is 0 Å². The fourth-order valence-electron chi connectivity index (χ4n) is 2.12. The van der Waals surface area contributed by atoms with Crippen LogP contribution >= 0.6 is 0 Å². The third kappa shape index (κ3) is 6.55. The SMILES string of the molecule is CC(C)=CCCC(C)NC(C)Cc1cccnc1. The normalized spacial score (nSPS) is 14.0. The van der Waals surface area contributed by atoms with Gasteiger partial charge in [0.25, 0.3) is 0 Å². The van der Waals surface area contributed by atoms with Crippen molar-refractivity contribution in [3.05, 3.63) is 41.7 Å². The predicted molar refractivity (Wildman–Crippen MR) is 78.7 cm³/mol. The Morgan fingerprint density at radius 2 is 2.11 bits per heavy atom. The molecule has 1 rings (SSSR count). The summed E-state index contributed by atoms with van der Waals surface area (Å²) in [6.45, 7) is 8.81. The number of nitrogens with one attached hydrogen (secondary N) is 1. The second kappa shape index (κ2) is 8.04. The maximum atomic E-state index is 4.15. The van der Waals surface area contributed by atoms with Crippen LogP contribution in [-0.4, -0.2) is 17.1 Å². The minimum Gasteiger partial charge on any atom is -0.311 e. The highest BCUT2D eigenvalue weighted by atomic mass is 14.9. The standard InChI is InChI=1S/C16H26N2/c1-13(2)7-5-8-14(3)18-15(4)11-16-9-6-10-17-12-16/h6-7,9-10,12,14-15,18H,5,8,11H2,1-4H3. The maximum absolute atomic E-state index is 4.15. The molecule has 2 unspecified atom stereocenters. The van der Waals surface area contributed by atoms with Crippen LogP contribution in [0.3, 0.4) is 0 Å². The van der Waals surface area contributed by atoms with Crippen molar-refractivity contribution in [2.45, 2.75) is 59.0 Å². The van der Waals surface area contributed by atoms with Crippen LogP contribution in [0.4, 0.5) is 0 Å². The van der Waals surface area contributed by atoms with Gasteiger partial charge in [0.1, 0.15) is 0 Å². The van der Waals surface area contributed by atoms with Gasteiger partial charge >= 0.3 is 0 Å². The van der Waals surface area contributed by atoms with E-state index in [9.17, 15) is 0 Å². The molecule has 2 nitrogen and oxygen atoms in total. The molecule has 0 bridgehead atoms. The van der Waals surface area contributed by atoms with Crippen molar-refractivity contribution in [2.75, 3.05) is 0 Å². The van der Waals surface area contributed by atoms with Gasteiger partial charge < -0.3 is 5.32 Å². The van der Waals surface area contributed by atoms with Gasteiger partial charge in [0, 0.05) is 24.5 Å². The van der Waals surface area contributed by atoms with E-state index >= 15 is 0 Å². The fourth-order valence-corrected chi connectivity index (χ4v) is 2.12. The Kier molecular flexibility index (Phi) is 6.66. The Morgan fingerprint density at radius 3 is 2.72 bits per heavy atom. The van der Waals surface area contributed by atoms with E-state index < -0.39 is 0 Å². The molecule has 1 aromatic rings. The zero-order chi connectivity index (χ0) is 13.4. The smallest absolute Gasteiger partial charge is 0.0300 e. The minimum atomic E-state index is 0.496. The van der Waals surface area contributed by atoms with Crippen molar-refractivity contribution in [1.29, 1.82) is 0 Å². The Morgan fingerprint density at radius 1 is 1.33 bits per heavy atom. The lowest BCUT2D eigenvalue weighted by Crippen LogP contribution is -2.35. The van der Waals surface area contributed by atoms with Gasteiger partial charge in [0.15, 0.2) is 0 Å². The summed E-state index contributed by atoms with van der Waals surface area (Å²) in [5.74, 6) is 0. The van der Waals surface area contributed by atoms with Crippen LogP contribution in [0, 0.1) is 0 Å². The number of hydrogen-bond acceptors (Lipinski definition) is 2. The number of nitrogens with zero attached hydrogens (tertiary/aromatic N) is 1. The first-order valence-electron chi connectivity index (χ1n) is 6.86. The molecule has 0 saturated carbocycles. The first kappa shape index (κ1) is 14.9. The van der Waals surface area contributed by atoms with E-state index in [1.807, 2.05) is 18.5 Å². The van der Waals surface area contributed by atoms with E-state index in [2.05, 4.69) is 50.1 Å². The topological polar surface area (TPSA) is 24.9 Å². The van der Waals surface area contributed by atoms with E-state index in [-0.39, 0.29) is 0 Å². The maximum Gasteiger partial charge on any atom is 0.0300 e. The second-order valence-electron chi connectivity index (χ2n) is 5.39. The van der Waals surface area contributed by atoms with Crippen LogP contribution in [0.15, 0.2) is 36.2 Å². The number of aromatic nitrogens is 1. The van der Waals surface area contributed by atoms with Crippen molar-refractivity contribution < 1.29 is 0 Å². The van der Waals surface area contributed by atoms with Gasteiger partial charge in [-0.05, 0) is 58.6 Å². The van der Waals surface area contributed by atoms with Crippen LogP contribution in [0.5, 0.6) is 0 Å². The van der Waals surface area contributed by atoms with Crippen molar-refractivity contribution in [2.24, 2.45) is 0 Å². The van der Waals surface area contributed by atoms with Gasteiger partial charge in [-0.2, -0.15) is 0 Å². The van der Waals surface area contributed by atoms with Gasteiger partial charge in [-0.25, -0.2) is 0 Å². The molecule has 0 aliphatic carbocycles. The summed E-state index contributed by atoms with van der Waals surface area (Å²) in [5.41, 5.74) is 2.71. The Hall–Kier alpha value is -1.15. The molecule has 2 atom stereocenters. The molecule has 0 spiro atoms. The van der Waals surface area contributed by atoms with Gasteiger partial charge in [-0.1, -0.05) is 17.7 Å². The largest absolute Gasteiger partial charge is 0.311 e. The minimum absolute atomic E-state index is 0.496. The van der Waals surface area contributed by atoms with E-state index in [1.54, 1.807) is 0 Å². The Balaban J connectivity index is 2.27. The summed E-state index contributed by atoms with van der Waals surface area (Å²) >= 11 is 0. The monoisotopic (exact) mass is 246 g/mol. The molecule has 0 aliphatic rings. The molecule has 0 radical (unpaired) electrons. The van der Waals surface area contributed by atoms with Crippen molar-refractivity contribution in [3.63, 3.8) is 0 Å². The lowest BCUT2D eigenvalue weighted by atomic mass is 10.1. The summed E-state index contributed by atoms with van der Waals surface area (Å²) in [4.78, 5) is 4.15. The third-order valence-corrected chi connectivity index (χ3v) is 2.99. The lowest BCUT2D eigenvalue weighted by molar-refractivity contribution is 0.446. The average molecular weight is 246 g/mol. The molecule has 0 amide bonds. The van der Waals surface area contributed by atoms with E-state index in [0.29, 0.717) is 12.1 Å². The highest BCUT2D eigenvalue weighted by Gasteiger charge is 2.07. The van der Waals surface area contributed by atoms with Crippen molar-refractivity contribution in [1.82, 2.24) is 10.3 Å². The predicted octanol–water partition coefficient (Wildman–Crippen LogP) is 3.74. The molecule has 0 aromatic carbocycles. The molecule has 1 aromatic heterocycles. The summed E-state index contributed by atoms with van der Waals surface area (Å²) in [7, 11) is 0. The average Bonchev–Trinajstić information content (AvgIpc) is 2.29. The highest BCUT2D eigenvalue weighted by Crippen LogP contribution is 2.05. The molecular formula is C16H26N2. The van der Waals surface area contributed by atoms with E-state index in [0.717, 1.165) is 12.8 Å². The van der Waals surface area contributed by atoms with Crippen LogP contribution in [0.2, 0.25) is 0 Å². The molecule has 100 valence electrons. The van der Waals surface area contributed by atoms with Gasteiger partial charge in [-0.3, -0.25) is 4.98 Å². The van der Waals surface area contributed by atoms with Gasteiger partial charge in [0.2, 0.25) is 0 Å². The molecule has 1 heterocycles. The molecule has 0 saturated heterocycles. The summed E-state index contributed by atoms with van der Waals surface area (Å²) in [6.07, 6.45) is 9.49. The van der Waals surface area contributed by atoms with Crippen LogP contribution < -0.4 is 5.32 Å². The van der Waals surface area contributed by atoms with E-state index in [1.165, 1.54) is 17.6 Å². The molecule has 0 aliphatic heterocycles. The highest BCUT2D eigenvalue weighted by molar-refractivity contribution is 5.09. The second-order valence-corrected chi connectivity index (χ2v) is 5.39. The third-order valence-electron chi connectivity index (χ3n) is 2.99. The molecule has 1 N–H and O–H groups in total. The zero-order valence-electron chi connectivity index (χ0n) is 12.1. The Labute approximate surface area is 112 Å². The fraction of sp³-hybridized carbons (Fsp3) is 0.562. The van der Waals surface area contributed by atoms with Crippen LogP contribution in [0.1, 0.15) is 46.1 Å². The number of allylic oxidation sites excluding steroid dienone is 2. The molecule has 18 heavy (non-hydrogen) atoms. The number of hydrogen-bond donors (Lipinski definition) is 1. The first-order chi connectivity index (χ1) is 8.58. The Bertz CT molecular complexity index is 353. The number of rotatable bonds is 7. The van der Waals surface area contributed by atoms with E-state index in [4.69, 9.17) is 0 Å². The number of pyridine rings is 1. The summed E-state index contributed by atoms with van der Waals surface area (Å²) < 4.78 is 0. The first-order valence-corrected chi connectivity index (χ1v) is 6.86. The molecule has 0 fully saturated rings. The quantitative estimate of drug-likeness (QED) is 0.741. The molecule has 2 heteroatoms. The molecular weight excluding hydrogens is 220 g/mol. The van der Waals surface area contributed by atoms with Gasteiger partial charge in [-0.15, -0.1) is 0 Å². The van der Waals surface area contributed by atoms with Crippen LogP contribution in [-0.2, 0) is 6.42 Å². The zero-order valence-corrected chi connectivity index (χ0v) is 12.1. The summed E-state index contributed by atoms with van der Waals surface area (Å²) in [5, 5.41) is 3.65. The van der Waals surface area contributed by atoms with Gasteiger partial charge in [0.05, 0.1) is 0 Å². The lowest BCUT2D eigenvalue weighted by Gasteiger charge is -2.19. The summed E-state index contributed by atoms with van der Waals surface area (Å²) in [6, 6.07) is 5.20.